The monoisotopic (exact) mass is 249 g/mol. The summed E-state index contributed by atoms with van der Waals surface area (Å²) in [6, 6.07) is -0.137. The van der Waals surface area contributed by atoms with Crippen LogP contribution in [0.5, 0.6) is 0 Å². The van der Waals surface area contributed by atoms with Crippen LogP contribution >= 0.6 is 0 Å². The van der Waals surface area contributed by atoms with Gasteiger partial charge in [0.2, 0.25) is 0 Å². The van der Waals surface area contributed by atoms with Gasteiger partial charge in [-0.2, -0.15) is 17.0 Å². The predicted octanol–water partition coefficient (Wildman–Crippen LogP) is 0.242. The third kappa shape index (κ3) is 3.41. The van der Waals surface area contributed by atoms with Crippen LogP contribution in [0.4, 0.5) is 0 Å². The molecule has 0 bridgehead atoms. The Bertz CT molecular complexity index is 316. The Balaban J connectivity index is 2.68. The minimum Gasteiger partial charge on any atom is -0.327 e. The lowest BCUT2D eigenvalue weighted by Crippen LogP contribution is -2.48. The van der Waals surface area contributed by atoms with Crippen molar-refractivity contribution in [2.75, 3.05) is 26.7 Å². The van der Waals surface area contributed by atoms with Crippen molar-refractivity contribution in [3.63, 3.8) is 0 Å². The first-order valence-corrected chi connectivity index (χ1v) is 7.20. The molecular weight excluding hydrogens is 226 g/mol. The minimum atomic E-state index is -3.30. The first kappa shape index (κ1) is 13.9. The highest BCUT2D eigenvalue weighted by Crippen LogP contribution is 2.19. The molecule has 1 aliphatic heterocycles. The van der Waals surface area contributed by atoms with Gasteiger partial charge < -0.3 is 5.73 Å². The summed E-state index contributed by atoms with van der Waals surface area (Å²) in [7, 11) is -1.71. The van der Waals surface area contributed by atoms with Gasteiger partial charge in [0.25, 0.3) is 10.2 Å². The van der Waals surface area contributed by atoms with Crippen LogP contribution in [-0.2, 0) is 10.2 Å². The van der Waals surface area contributed by atoms with Crippen molar-refractivity contribution in [3.05, 3.63) is 0 Å². The topological polar surface area (TPSA) is 66.6 Å². The third-order valence-corrected chi connectivity index (χ3v) is 4.81. The van der Waals surface area contributed by atoms with E-state index in [2.05, 4.69) is 6.92 Å². The maximum atomic E-state index is 12.2. The lowest BCUT2D eigenvalue weighted by atomic mass is 10.0. The fraction of sp³-hybridized carbons (Fsp3) is 1.00. The smallest absolute Gasteiger partial charge is 0.281 e. The van der Waals surface area contributed by atoms with E-state index < -0.39 is 10.2 Å². The molecule has 1 aliphatic rings. The number of hydrogen-bond acceptors (Lipinski definition) is 3. The van der Waals surface area contributed by atoms with Gasteiger partial charge in [-0.1, -0.05) is 6.92 Å². The molecule has 0 amide bonds. The van der Waals surface area contributed by atoms with Crippen LogP contribution in [-0.4, -0.2) is 49.8 Å². The van der Waals surface area contributed by atoms with Crippen molar-refractivity contribution in [3.8, 4) is 0 Å². The van der Waals surface area contributed by atoms with Crippen LogP contribution in [0.15, 0.2) is 0 Å². The van der Waals surface area contributed by atoms with Gasteiger partial charge in [0, 0.05) is 32.7 Å². The Morgan fingerprint density at radius 2 is 2.19 bits per heavy atom. The molecule has 2 N–H and O–H groups in total. The molecule has 1 fully saturated rings. The molecule has 0 aromatic rings. The number of likely N-dealkylation sites (N-methyl/N-ethyl adjacent to an activating group) is 1. The highest BCUT2D eigenvalue weighted by atomic mass is 32.2. The van der Waals surface area contributed by atoms with E-state index in [0.29, 0.717) is 25.6 Å². The highest BCUT2D eigenvalue weighted by Gasteiger charge is 2.30. The SMILES string of the molecule is CC(N)CN(C)S(=O)(=O)N1CCCC(C)C1. The highest BCUT2D eigenvalue weighted by molar-refractivity contribution is 7.86. The molecule has 1 saturated heterocycles. The van der Waals surface area contributed by atoms with E-state index in [1.807, 2.05) is 6.92 Å². The molecule has 2 atom stereocenters. The number of rotatable bonds is 4. The van der Waals surface area contributed by atoms with Crippen molar-refractivity contribution >= 4 is 10.2 Å². The van der Waals surface area contributed by atoms with Gasteiger partial charge in [-0.25, -0.2) is 0 Å². The molecule has 0 aliphatic carbocycles. The molecule has 2 unspecified atom stereocenters. The van der Waals surface area contributed by atoms with Gasteiger partial charge in [-0.3, -0.25) is 0 Å². The van der Waals surface area contributed by atoms with Gasteiger partial charge in [0.15, 0.2) is 0 Å². The quantitative estimate of drug-likeness (QED) is 0.776. The molecular formula is C10H23N3O2S. The largest absolute Gasteiger partial charge is 0.327 e. The second-order valence-corrected chi connectivity index (χ2v) is 6.91. The Morgan fingerprint density at radius 3 is 2.69 bits per heavy atom. The average molecular weight is 249 g/mol. The second kappa shape index (κ2) is 5.44. The summed E-state index contributed by atoms with van der Waals surface area (Å²) < 4.78 is 27.3. The van der Waals surface area contributed by atoms with E-state index in [4.69, 9.17) is 5.73 Å². The summed E-state index contributed by atoms with van der Waals surface area (Å²) in [5.41, 5.74) is 5.62. The molecule has 0 aromatic carbocycles. The van der Waals surface area contributed by atoms with Crippen molar-refractivity contribution in [2.45, 2.75) is 32.7 Å². The molecule has 0 saturated carbocycles. The summed E-state index contributed by atoms with van der Waals surface area (Å²) >= 11 is 0. The van der Waals surface area contributed by atoms with E-state index in [1.165, 1.54) is 4.31 Å². The number of hydrogen-bond donors (Lipinski definition) is 1. The van der Waals surface area contributed by atoms with Gasteiger partial charge in [-0.05, 0) is 25.7 Å². The van der Waals surface area contributed by atoms with Crippen LogP contribution < -0.4 is 5.73 Å². The normalized spacial score (nSPS) is 25.9. The van der Waals surface area contributed by atoms with Crippen LogP contribution in [0.3, 0.4) is 0 Å². The lowest BCUT2D eigenvalue weighted by Gasteiger charge is -2.33. The van der Waals surface area contributed by atoms with Gasteiger partial charge in [0.05, 0.1) is 0 Å². The number of nitrogens with two attached hydrogens (primary N) is 1. The van der Waals surface area contributed by atoms with Gasteiger partial charge >= 0.3 is 0 Å². The zero-order valence-corrected chi connectivity index (χ0v) is 11.2. The van der Waals surface area contributed by atoms with Crippen molar-refractivity contribution in [1.82, 2.24) is 8.61 Å². The van der Waals surface area contributed by atoms with Crippen LogP contribution in [0.25, 0.3) is 0 Å². The summed E-state index contributed by atoms with van der Waals surface area (Å²) in [4.78, 5) is 0. The second-order valence-electron chi connectivity index (χ2n) is 4.87. The first-order valence-electron chi connectivity index (χ1n) is 5.81. The predicted molar refractivity (Wildman–Crippen MR) is 65.2 cm³/mol. The summed E-state index contributed by atoms with van der Waals surface area (Å²) in [6.07, 6.45) is 2.06. The van der Waals surface area contributed by atoms with E-state index in [-0.39, 0.29) is 6.04 Å². The summed E-state index contributed by atoms with van der Waals surface area (Å²) in [5, 5.41) is 0. The third-order valence-electron chi connectivity index (χ3n) is 2.88. The number of nitrogens with zero attached hydrogens (tertiary/aromatic N) is 2. The Hall–Kier alpha value is -0.170. The van der Waals surface area contributed by atoms with E-state index in [0.717, 1.165) is 12.8 Å². The van der Waals surface area contributed by atoms with Gasteiger partial charge in [0.1, 0.15) is 0 Å². The molecule has 1 heterocycles. The first-order chi connectivity index (χ1) is 7.34. The lowest BCUT2D eigenvalue weighted by molar-refractivity contribution is 0.262. The Labute approximate surface area is 98.8 Å². The maximum absolute atomic E-state index is 12.2. The molecule has 0 spiro atoms. The fourth-order valence-corrected chi connectivity index (χ4v) is 3.67. The molecule has 1 rings (SSSR count). The molecule has 0 aromatic heterocycles. The summed E-state index contributed by atoms with van der Waals surface area (Å²) in [5.74, 6) is 0.451. The van der Waals surface area contributed by atoms with Crippen LogP contribution in [0.2, 0.25) is 0 Å². The maximum Gasteiger partial charge on any atom is 0.281 e. The minimum absolute atomic E-state index is 0.137. The standard InChI is InChI=1S/C10H23N3O2S/c1-9-5-4-6-13(7-9)16(14,15)12(3)8-10(2)11/h9-10H,4-8,11H2,1-3H3. The van der Waals surface area contributed by atoms with E-state index in [1.54, 1.807) is 11.4 Å². The van der Waals surface area contributed by atoms with Crippen LogP contribution in [0.1, 0.15) is 26.7 Å². The van der Waals surface area contributed by atoms with Crippen molar-refractivity contribution < 1.29 is 8.42 Å². The zero-order valence-electron chi connectivity index (χ0n) is 10.4. The zero-order chi connectivity index (χ0) is 12.3. The van der Waals surface area contributed by atoms with Crippen molar-refractivity contribution in [1.29, 1.82) is 0 Å². The Morgan fingerprint density at radius 1 is 1.56 bits per heavy atom. The molecule has 5 nitrogen and oxygen atoms in total. The molecule has 16 heavy (non-hydrogen) atoms. The molecule has 0 radical (unpaired) electrons. The van der Waals surface area contributed by atoms with Gasteiger partial charge in [-0.15, -0.1) is 0 Å². The van der Waals surface area contributed by atoms with Crippen molar-refractivity contribution in [2.24, 2.45) is 11.7 Å². The average Bonchev–Trinajstić information content (AvgIpc) is 2.16. The Kier molecular flexibility index (Phi) is 4.73. The molecule has 96 valence electrons. The van der Waals surface area contributed by atoms with E-state index >= 15 is 0 Å². The summed E-state index contributed by atoms with van der Waals surface area (Å²) in [6.45, 7) is 5.53. The number of piperidine rings is 1. The molecule has 6 heteroatoms. The van der Waals surface area contributed by atoms with Crippen LogP contribution in [0, 0.1) is 5.92 Å². The van der Waals surface area contributed by atoms with E-state index in [9.17, 15) is 8.42 Å². The fourth-order valence-electron chi connectivity index (χ4n) is 2.05.